The van der Waals surface area contributed by atoms with E-state index in [-0.39, 0.29) is 6.04 Å². The first-order valence-corrected chi connectivity index (χ1v) is 7.71. The molecule has 20 heavy (non-hydrogen) atoms. The first-order valence-electron chi connectivity index (χ1n) is 6.89. The van der Waals surface area contributed by atoms with Crippen LogP contribution in [0.5, 0.6) is 0 Å². The number of rotatable bonds is 6. The normalized spacial score (nSPS) is 14.2. The van der Waals surface area contributed by atoms with E-state index >= 15 is 0 Å². The number of thiazole rings is 1. The summed E-state index contributed by atoms with van der Waals surface area (Å²) in [4.78, 5) is 9.75. The molecular formula is C15H21N3OS. The van der Waals surface area contributed by atoms with Crippen molar-refractivity contribution in [2.24, 2.45) is 0 Å². The van der Waals surface area contributed by atoms with Crippen LogP contribution in [0.4, 0.5) is 0 Å². The summed E-state index contributed by atoms with van der Waals surface area (Å²) in [5, 5.41) is 14.7. The van der Waals surface area contributed by atoms with E-state index in [1.165, 1.54) is 9.88 Å². The second-order valence-electron chi connectivity index (χ2n) is 4.84. The predicted molar refractivity (Wildman–Crippen MR) is 81.8 cm³/mol. The van der Waals surface area contributed by atoms with Crippen molar-refractivity contribution >= 4 is 11.3 Å². The van der Waals surface area contributed by atoms with E-state index in [1.54, 1.807) is 23.7 Å². The number of aryl methyl sites for hydroxylation is 2. The Morgan fingerprint density at radius 1 is 1.35 bits per heavy atom. The van der Waals surface area contributed by atoms with Crippen LogP contribution in [0.15, 0.2) is 24.5 Å². The maximum Gasteiger partial charge on any atom is 0.0928 e. The maximum absolute atomic E-state index is 10.1. The van der Waals surface area contributed by atoms with Crippen LogP contribution in [-0.4, -0.2) is 21.6 Å². The van der Waals surface area contributed by atoms with Gasteiger partial charge in [0.2, 0.25) is 0 Å². The van der Waals surface area contributed by atoms with Crippen LogP contribution >= 0.6 is 11.3 Å². The molecule has 108 valence electrons. The molecule has 2 N–H and O–H groups in total. The van der Waals surface area contributed by atoms with Crippen LogP contribution in [0.25, 0.3) is 0 Å². The number of aliphatic hydroxyl groups is 1. The van der Waals surface area contributed by atoms with E-state index < -0.39 is 6.10 Å². The number of hydrogen-bond donors (Lipinski definition) is 2. The Hall–Kier alpha value is -1.30. The lowest BCUT2D eigenvalue weighted by molar-refractivity contribution is 0.171. The molecule has 2 aromatic rings. The minimum absolute atomic E-state index is 0.198. The fourth-order valence-corrected chi connectivity index (χ4v) is 3.14. The van der Waals surface area contributed by atoms with Gasteiger partial charge in [0.05, 0.1) is 16.8 Å². The Labute approximate surface area is 123 Å². The summed E-state index contributed by atoms with van der Waals surface area (Å²) in [6.07, 6.45) is 3.85. The average molecular weight is 291 g/mol. The highest BCUT2D eigenvalue weighted by molar-refractivity contribution is 7.11. The lowest BCUT2D eigenvalue weighted by Crippen LogP contribution is -2.24. The number of pyridine rings is 1. The van der Waals surface area contributed by atoms with Crippen molar-refractivity contribution in [2.45, 2.75) is 39.3 Å². The highest BCUT2D eigenvalue weighted by Crippen LogP contribution is 2.25. The van der Waals surface area contributed by atoms with Gasteiger partial charge in [0.1, 0.15) is 0 Å². The second-order valence-corrected chi connectivity index (χ2v) is 5.95. The van der Waals surface area contributed by atoms with E-state index in [4.69, 9.17) is 0 Å². The summed E-state index contributed by atoms with van der Waals surface area (Å²) >= 11 is 1.75. The van der Waals surface area contributed by atoms with Crippen LogP contribution in [0.2, 0.25) is 0 Å². The summed E-state index contributed by atoms with van der Waals surface area (Å²) in [5.41, 5.74) is 1.97. The summed E-state index contributed by atoms with van der Waals surface area (Å²) < 4.78 is 0. The van der Waals surface area contributed by atoms with Gasteiger partial charge in [-0.15, -0.1) is 11.3 Å². The van der Waals surface area contributed by atoms with Crippen molar-refractivity contribution < 1.29 is 5.11 Å². The third kappa shape index (κ3) is 3.62. The van der Waals surface area contributed by atoms with Gasteiger partial charge < -0.3 is 10.4 Å². The molecule has 2 heterocycles. The molecule has 0 aliphatic heterocycles. The molecule has 0 radical (unpaired) electrons. The van der Waals surface area contributed by atoms with Gasteiger partial charge in [-0.3, -0.25) is 4.98 Å². The largest absolute Gasteiger partial charge is 0.387 e. The fourth-order valence-electron chi connectivity index (χ4n) is 2.10. The van der Waals surface area contributed by atoms with Gasteiger partial charge in [0.25, 0.3) is 0 Å². The Kier molecular flexibility index (Phi) is 5.23. The molecule has 0 aliphatic carbocycles. The predicted octanol–water partition coefficient (Wildman–Crippen LogP) is 2.79. The first kappa shape index (κ1) is 15.1. The number of nitrogens with one attached hydrogen (secondary N) is 1. The number of aromatic nitrogens is 2. The summed E-state index contributed by atoms with van der Waals surface area (Å²) in [5.74, 6) is 0. The Morgan fingerprint density at radius 3 is 2.65 bits per heavy atom. The molecule has 0 amide bonds. The van der Waals surface area contributed by atoms with E-state index in [9.17, 15) is 5.11 Å². The van der Waals surface area contributed by atoms with Gasteiger partial charge in [-0.25, -0.2) is 4.98 Å². The molecular weight excluding hydrogens is 270 g/mol. The highest BCUT2D eigenvalue weighted by Gasteiger charge is 2.15. The molecule has 2 aromatic heterocycles. The fraction of sp³-hybridized carbons (Fsp3) is 0.467. The van der Waals surface area contributed by atoms with Crippen molar-refractivity contribution in [1.29, 1.82) is 0 Å². The zero-order valence-corrected chi connectivity index (χ0v) is 12.9. The van der Waals surface area contributed by atoms with Crippen molar-refractivity contribution in [1.82, 2.24) is 15.3 Å². The Bertz CT molecular complexity index is 541. The van der Waals surface area contributed by atoms with Crippen LogP contribution in [0.1, 0.15) is 47.1 Å². The van der Waals surface area contributed by atoms with Crippen LogP contribution in [0.3, 0.4) is 0 Å². The molecule has 2 rings (SSSR count). The maximum atomic E-state index is 10.1. The summed E-state index contributed by atoms with van der Waals surface area (Å²) in [6.45, 7) is 6.79. The molecule has 2 atom stereocenters. The molecule has 0 saturated heterocycles. The monoisotopic (exact) mass is 291 g/mol. The van der Waals surface area contributed by atoms with Crippen molar-refractivity contribution in [3.63, 3.8) is 0 Å². The molecule has 2 unspecified atom stereocenters. The molecule has 4 nitrogen and oxygen atoms in total. The SMILES string of the molecule is CCc1nc(C)c(C(C)NCC(O)c2ccncc2)s1. The van der Waals surface area contributed by atoms with Crippen molar-refractivity contribution in [3.8, 4) is 0 Å². The van der Waals surface area contributed by atoms with E-state index in [1.807, 2.05) is 19.1 Å². The third-order valence-corrected chi connectivity index (χ3v) is 4.77. The standard InChI is InChI=1S/C15H21N3OS/c1-4-14-18-11(3)15(20-14)10(2)17-9-13(19)12-5-7-16-8-6-12/h5-8,10,13,17,19H,4,9H2,1-3H3. The zero-order valence-electron chi connectivity index (χ0n) is 12.1. The molecule has 0 bridgehead atoms. The molecule has 0 aromatic carbocycles. The Morgan fingerprint density at radius 2 is 2.05 bits per heavy atom. The summed E-state index contributed by atoms with van der Waals surface area (Å²) in [6, 6.07) is 3.87. The van der Waals surface area contributed by atoms with Crippen molar-refractivity contribution in [3.05, 3.63) is 45.7 Å². The average Bonchev–Trinajstić information content (AvgIpc) is 2.86. The zero-order chi connectivity index (χ0) is 14.5. The quantitative estimate of drug-likeness (QED) is 0.859. The topological polar surface area (TPSA) is 58.0 Å². The van der Waals surface area contributed by atoms with Gasteiger partial charge in [0.15, 0.2) is 0 Å². The number of nitrogens with zero attached hydrogens (tertiary/aromatic N) is 2. The first-order chi connectivity index (χ1) is 9.61. The van der Waals surface area contributed by atoms with Gasteiger partial charge >= 0.3 is 0 Å². The highest BCUT2D eigenvalue weighted by atomic mass is 32.1. The van der Waals surface area contributed by atoms with E-state index in [0.29, 0.717) is 6.54 Å². The van der Waals surface area contributed by atoms with Crippen LogP contribution in [0, 0.1) is 6.92 Å². The van der Waals surface area contributed by atoms with Gasteiger partial charge in [-0.2, -0.15) is 0 Å². The van der Waals surface area contributed by atoms with Gasteiger partial charge in [-0.05, 0) is 38.0 Å². The van der Waals surface area contributed by atoms with Crippen molar-refractivity contribution in [2.75, 3.05) is 6.54 Å². The van der Waals surface area contributed by atoms with Crippen LogP contribution in [-0.2, 0) is 6.42 Å². The van der Waals surface area contributed by atoms with E-state index in [2.05, 4.69) is 29.1 Å². The molecule has 0 aliphatic rings. The Balaban J connectivity index is 1.94. The lowest BCUT2D eigenvalue weighted by Gasteiger charge is -2.16. The molecule has 5 heteroatoms. The third-order valence-electron chi connectivity index (χ3n) is 3.28. The molecule has 0 saturated carbocycles. The number of hydrogen-bond acceptors (Lipinski definition) is 5. The second kappa shape index (κ2) is 6.92. The minimum Gasteiger partial charge on any atom is -0.387 e. The van der Waals surface area contributed by atoms with Crippen LogP contribution < -0.4 is 5.32 Å². The minimum atomic E-state index is -0.515. The van der Waals surface area contributed by atoms with Gasteiger partial charge in [-0.1, -0.05) is 6.92 Å². The molecule has 0 spiro atoms. The number of aliphatic hydroxyl groups excluding tert-OH is 1. The van der Waals surface area contributed by atoms with Gasteiger partial charge in [0, 0.05) is 29.9 Å². The smallest absolute Gasteiger partial charge is 0.0928 e. The molecule has 0 fully saturated rings. The summed E-state index contributed by atoms with van der Waals surface area (Å²) in [7, 11) is 0. The van der Waals surface area contributed by atoms with E-state index in [0.717, 1.165) is 17.7 Å². The lowest BCUT2D eigenvalue weighted by atomic mass is 10.1.